The first-order chi connectivity index (χ1) is 8.49. The second kappa shape index (κ2) is 4.96. The molecule has 0 aliphatic carbocycles. The Morgan fingerprint density at radius 3 is 2.33 bits per heavy atom. The minimum Gasteiger partial charge on any atom is -0.506 e. The summed E-state index contributed by atoms with van der Waals surface area (Å²) in [7, 11) is 0. The van der Waals surface area contributed by atoms with Crippen LogP contribution in [0.2, 0.25) is 10.0 Å². The van der Waals surface area contributed by atoms with E-state index < -0.39 is 11.6 Å². The Morgan fingerprint density at radius 1 is 1.11 bits per heavy atom. The molecule has 0 saturated heterocycles. The first-order valence-corrected chi connectivity index (χ1v) is 5.73. The molecule has 2 aromatic carbocycles. The summed E-state index contributed by atoms with van der Waals surface area (Å²) in [6.07, 6.45) is 0. The third-order valence-corrected chi connectivity index (χ3v) is 2.89. The minimum absolute atomic E-state index is 0.00652. The number of halogens is 3. The van der Waals surface area contributed by atoms with Crippen LogP contribution in [0, 0.1) is 5.82 Å². The maximum atomic E-state index is 12.8. The third-order valence-electron chi connectivity index (χ3n) is 2.38. The van der Waals surface area contributed by atoms with E-state index in [-0.39, 0.29) is 26.9 Å². The molecule has 0 heterocycles. The van der Waals surface area contributed by atoms with Gasteiger partial charge >= 0.3 is 0 Å². The molecule has 0 atom stereocenters. The van der Waals surface area contributed by atoms with E-state index in [9.17, 15) is 14.3 Å². The lowest BCUT2D eigenvalue weighted by Crippen LogP contribution is -2.02. The van der Waals surface area contributed by atoms with E-state index in [0.717, 1.165) is 12.1 Å². The van der Waals surface area contributed by atoms with Crippen LogP contribution in [0.25, 0.3) is 0 Å². The molecule has 0 amide bonds. The van der Waals surface area contributed by atoms with Crippen molar-refractivity contribution in [1.82, 2.24) is 0 Å². The molecular formula is C13H7Cl2FO2. The van der Waals surface area contributed by atoms with Crippen molar-refractivity contribution >= 4 is 29.0 Å². The van der Waals surface area contributed by atoms with Crippen LogP contribution >= 0.6 is 23.2 Å². The fourth-order valence-corrected chi connectivity index (χ4v) is 1.99. The number of phenols is 1. The molecule has 2 rings (SSSR count). The molecule has 0 aliphatic rings. The summed E-state index contributed by atoms with van der Waals surface area (Å²) in [4.78, 5) is 12.1. The Morgan fingerprint density at radius 2 is 1.72 bits per heavy atom. The van der Waals surface area contributed by atoms with E-state index in [1.165, 1.54) is 24.3 Å². The predicted octanol–water partition coefficient (Wildman–Crippen LogP) is 4.07. The quantitative estimate of drug-likeness (QED) is 0.844. The standard InChI is InChI=1S/C13H7Cl2FO2/c14-8-5-10(13(18)11(15)6-8)12(17)7-1-3-9(16)4-2-7/h1-6,18H. The molecule has 0 spiro atoms. The van der Waals surface area contributed by atoms with E-state index in [1.54, 1.807) is 0 Å². The van der Waals surface area contributed by atoms with Crippen molar-refractivity contribution in [1.29, 1.82) is 0 Å². The van der Waals surface area contributed by atoms with E-state index in [2.05, 4.69) is 0 Å². The number of aromatic hydroxyl groups is 1. The number of benzene rings is 2. The Hall–Kier alpha value is -1.58. The number of carbonyl (C=O) groups excluding carboxylic acids is 1. The van der Waals surface area contributed by atoms with Gasteiger partial charge in [-0.2, -0.15) is 0 Å². The number of carbonyl (C=O) groups is 1. The number of rotatable bonds is 2. The van der Waals surface area contributed by atoms with Crippen molar-refractivity contribution in [2.75, 3.05) is 0 Å². The van der Waals surface area contributed by atoms with Gasteiger partial charge in [-0.05, 0) is 36.4 Å². The Bertz CT molecular complexity index is 609. The summed E-state index contributed by atoms with van der Waals surface area (Å²) >= 11 is 11.5. The zero-order valence-corrected chi connectivity index (χ0v) is 10.5. The van der Waals surface area contributed by atoms with Gasteiger partial charge in [-0.3, -0.25) is 4.79 Å². The molecule has 0 aliphatic heterocycles. The fourth-order valence-electron chi connectivity index (χ4n) is 1.50. The molecule has 0 bridgehead atoms. The minimum atomic E-state index is -0.475. The maximum Gasteiger partial charge on any atom is 0.196 e. The summed E-state index contributed by atoms with van der Waals surface area (Å²) in [5.41, 5.74) is 0.226. The van der Waals surface area contributed by atoms with E-state index in [4.69, 9.17) is 23.2 Å². The van der Waals surface area contributed by atoms with Crippen LogP contribution in [0.3, 0.4) is 0 Å². The van der Waals surface area contributed by atoms with Gasteiger partial charge in [0.25, 0.3) is 0 Å². The van der Waals surface area contributed by atoms with E-state index >= 15 is 0 Å². The molecule has 0 unspecified atom stereocenters. The summed E-state index contributed by atoms with van der Waals surface area (Å²) in [5, 5.41) is 9.96. The van der Waals surface area contributed by atoms with Gasteiger partial charge < -0.3 is 5.11 Å². The first kappa shape index (κ1) is 12.9. The lowest BCUT2D eigenvalue weighted by Gasteiger charge is -2.06. The molecule has 92 valence electrons. The first-order valence-electron chi connectivity index (χ1n) is 4.97. The third kappa shape index (κ3) is 2.47. The highest BCUT2D eigenvalue weighted by atomic mass is 35.5. The zero-order chi connectivity index (χ0) is 13.3. The van der Waals surface area contributed by atoms with Crippen LogP contribution in [0.5, 0.6) is 5.75 Å². The van der Waals surface area contributed by atoms with Gasteiger partial charge in [0.1, 0.15) is 11.6 Å². The highest BCUT2D eigenvalue weighted by Gasteiger charge is 2.17. The van der Waals surface area contributed by atoms with Gasteiger partial charge in [-0.15, -0.1) is 0 Å². The average molecular weight is 285 g/mol. The van der Waals surface area contributed by atoms with Gasteiger partial charge in [0, 0.05) is 10.6 Å². The number of hydrogen-bond acceptors (Lipinski definition) is 2. The van der Waals surface area contributed by atoms with Crippen molar-refractivity contribution in [2.45, 2.75) is 0 Å². The van der Waals surface area contributed by atoms with Crippen molar-refractivity contribution in [3.8, 4) is 5.75 Å². The number of phenolic OH excluding ortho intramolecular Hbond substituents is 1. The van der Waals surface area contributed by atoms with Crippen molar-refractivity contribution in [2.24, 2.45) is 0 Å². The molecule has 18 heavy (non-hydrogen) atoms. The van der Waals surface area contributed by atoms with Crippen molar-refractivity contribution in [3.05, 3.63) is 63.4 Å². The summed E-state index contributed by atoms with van der Waals surface area (Å²) in [6, 6.07) is 7.62. The second-order valence-corrected chi connectivity index (χ2v) is 4.46. The van der Waals surface area contributed by atoms with Crippen LogP contribution in [-0.2, 0) is 0 Å². The van der Waals surface area contributed by atoms with Gasteiger partial charge in [-0.1, -0.05) is 23.2 Å². The van der Waals surface area contributed by atoms with Gasteiger partial charge in [0.2, 0.25) is 0 Å². The van der Waals surface area contributed by atoms with Gasteiger partial charge in [0.05, 0.1) is 10.6 Å². The van der Waals surface area contributed by atoms with Crippen LogP contribution < -0.4 is 0 Å². The van der Waals surface area contributed by atoms with E-state index in [0.29, 0.717) is 0 Å². The summed E-state index contributed by atoms with van der Waals surface area (Å²) < 4.78 is 12.8. The molecular weight excluding hydrogens is 278 g/mol. The fraction of sp³-hybridized carbons (Fsp3) is 0. The molecule has 0 radical (unpaired) electrons. The lowest BCUT2D eigenvalue weighted by molar-refractivity contribution is 0.103. The number of hydrogen-bond donors (Lipinski definition) is 1. The average Bonchev–Trinajstić information content (AvgIpc) is 2.34. The molecule has 1 N–H and O–H groups in total. The van der Waals surface area contributed by atoms with Gasteiger partial charge in [-0.25, -0.2) is 4.39 Å². The molecule has 2 nitrogen and oxygen atoms in total. The van der Waals surface area contributed by atoms with Crippen LogP contribution in [0.4, 0.5) is 4.39 Å². The van der Waals surface area contributed by atoms with Crippen LogP contribution in [0.15, 0.2) is 36.4 Å². The molecule has 0 saturated carbocycles. The largest absolute Gasteiger partial charge is 0.506 e. The highest BCUT2D eigenvalue weighted by molar-refractivity contribution is 6.36. The van der Waals surface area contributed by atoms with Crippen LogP contribution in [-0.4, -0.2) is 10.9 Å². The molecule has 0 fully saturated rings. The Kier molecular flexibility index (Phi) is 3.55. The summed E-state index contributed by atoms with van der Waals surface area (Å²) in [5.74, 6) is -1.26. The smallest absolute Gasteiger partial charge is 0.196 e. The van der Waals surface area contributed by atoms with Crippen molar-refractivity contribution < 1.29 is 14.3 Å². The van der Waals surface area contributed by atoms with Crippen molar-refractivity contribution in [3.63, 3.8) is 0 Å². The lowest BCUT2D eigenvalue weighted by atomic mass is 10.0. The normalized spacial score (nSPS) is 10.4. The van der Waals surface area contributed by atoms with Gasteiger partial charge in [0.15, 0.2) is 5.78 Å². The SMILES string of the molecule is O=C(c1ccc(F)cc1)c1cc(Cl)cc(Cl)c1O. The highest BCUT2D eigenvalue weighted by Crippen LogP contribution is 2.32. The zero-order valence-electron chi connectivity index (χ0n) is 8.95. The predicted molar refractivity (Wildman–Crippen MR) is 68.0 cm³/mol. The second-order valence-electron chi connectivity index (χ2n) is 3.62. The monoisotopic (exact) mass is 284 g/mol. The molecule has 0 aromatic heterocycles. The summed E-state index contributed by atoms with van der Waals surface area (Å²) in [6.45, 7) is 0. The maximum absolute atomic E-state index is 12.8. The molecule has 2 aromatic rings. The number of ketones is 1. The topological polar surface area (TPSA) is 37.3 Å². The Labute approximate surface area is 113 Å². The van der Waals surface area contributed by atoms with E-state index in [1.807, 2.05) is 0 Å². The molecule has 5 heteroatoms. The Balaban J connectivity index is 2.49. The van der Waals surface area contributed by atoms with Crippen LogP contribution in [0.1, 0.15) is 15.9 Å².